The summed E-state index contributed by atoms with van der Waals surface area (Å²) in [7, 11) is 0. The van der Waals surface area contributed by atoms with E-state index in [2.05, 4.69) is 83.0 Å². The third kappa shape index (κ3) is 5.85. The molecule has 0 saturated carbocycles. The number of nitrogens with one attached hydrogen (secondary N) is 1. The van der Waals surface area contributed by atoms with Crippen LogP contribution in [0.15, 0.2) is 120 Å². The van der Waals surface area contributed by atoms with Gasteiger partial charge in [-0.2, -0.15) is 0 Å². The number of rotatable bonds is 8. The number of hydrogen-bond donors (Lipinski definition) is 1. The Bertz CT molecular complexity index is 1580. The zero-order valence-electron chi connectivity index (χ0n) is 22.5. The second kappa shape index (κ2) is 11.6. The van der Waals surface area contributed by atoms with Gasteiger partial charge in [0.05, 0.1) is 6.04 Å². The van der Waals surface area contributed by atoms with Crippen molar-refractivity contribution in [3.05, 3.63) is 155 Å². The number of furan rings is 1. The molecular formula is C35H32N2O3. The molecule has 5 aromatic rings. The summed E-state index contributed by atoms with van der Waals surface area (Å²) in [6, 6.07) is 39.0. The summed E-state index contributed by atoms with van der Waals surface area (Å²) in [6.45, 7) is 4.11. The Balaban J connectivity index is 1.18. The van der Waals surface area contributed by atoms with Crippen LogP contribution in [0.1, 0.15) is 50.2 Å². The first kappa shape index (κ1) is 25.7. The van der Waals surface area contributed by atoms with Crippen LogP contribution in [-0.2, 0) is 19.6 Å². The van der Waals surface area contributed by atoms with Gasteiger partial charge < -0.3 is 14.5 Å². The molecule has 0 aliphatic carbocycles. The van der Waals surface area contributed by atoms with E-state index in [1.807, 2.05) is 37.3 Å². The summed E-state index contributed by atoms with van der Waals surface area (Å²) in [5.74, 6) is 1.35. The topological polar surface area (TPSA) is 54.7 Å². The fourth-order valence-corrected chi connectivity index (χ4v) is 5.31. The van der Waals surface area contributed by atoms with Gasteiger partial charge in [-0.3, -0.25) is 9.69 Å². The number of anilines is 1. The Morgan fingerprint density at radius 1 is 0.900 bits per heavy atom. The van der Waals surface area contributed by atoms with Crippen LogP contribution in [0.2, 0.25) is 0 Å². The molecule has 1 aliphatic rings. The van der Waals surface area contributed by atoms with E-state index in [4.69, 9.17) is 9.15 Å². The molecule has 0 spiro atoms. The third-order valence-corrected chi connectivity index (χ3v) is 7.37. The Morgan fingerprint density at radius 2 is 1.65 bits per heavy atom. The van der Waals surface area contributed by atoms with E-state index in [9.17, 15) is 4.79 Å². The zero-order valence-corrected chi connectivity index (χ0v) is 22.5. The van der Waals surface area contributed by atoms with Crippen molar-refractivity contribution in [3.8, 4) is 5.75 Å². The highest BCUT2D eigenvalue weighted by Crippen LogP contribution is 2.38. The second-order valence-electron chi connectivity index (χ2n) is 10.3. The van der Waals surface area contributed by atoms with Gasteiger partial charge in [0, 0.05) is 18.8 Å². The number of benzene rings is 4. The molecule has 5 heteroatoms. The lowest BCUT2D eigenvalue weighted by molar-refractivity contribution is 0.0992. The lowest BCUT2D eigenvalue weighted by atomic mass is 9.87. The van der Waals surface area contributed by atoms with Gasteiger partial charge in [-0.05, 0) is 72.0 Å². The molecule has 1 aromatic heterocycles. The van der Waals surface area contributed by atoms with E-state index in [0.29, 0.717) is 5.76 Å². The Kier molecular flexibility index (Phi) is 7.47. The van der Waals surface area contributed by atoms with Crippen LogP contribution in [0.5, 0.6) is 5.75 Å². The van der Waals surface area contributed by atoms with Crippen LogP contribution in [0.4, 0.5) is 5.69 Å². The first-order chi connectivity index (χ1) is 19.6. The summed E-state index contributed by atoms with van der Waals surface area (Å²) < 4.78 is 12.0. The molecule has 0 radical (unpaired) electrons. The van der Waals surface area contributed by atoms with Crippen LogP contribution in [0, 0.1) is 6.92 Å². The average Bonchev–Trinajstić information content (AvgIpc) is 3.47. The quantitative estimate of drug-likeness (QED) is 0.226. The van der Waals surface area contributed by atoms with E-state index in [1.165, 1.54) is 22.3 Å². The van der Waals surface area contributed by atoms with Crippen LogP contribution in [0.3, 0.4) is 0 Å². The lowest BCUT2D eigenvalue weighted by Gasteiger charge is -2.38. The molecule has 40 heavy (non-hydrogen) atoms. The molecule has 1 N–H and O–H groups in total. The van der Waals surface area contributed by atoms with Crippen molar-refractivity contribution < 1.29 is 13.9 Å². The number of hydrogen-bond acceptors (Lipinski definition) is 4. The summed E-state index contributed by atoms with van der Waals surface area (Å²) >= 11 is 0. The number of fused-ring (bicyclic) bond motifs is 1. The zero-order chi connectivity index (χ0) is 27.3. The first-order valence-electron chi connectivity index (χ1n) is 13.7. The minimum atomic E-state index is -0.284. The van der Waals surface area contributed by atoms with Gasteiger partial charge >= 0.3 is 0 Å². The van der Waals surface area contributed by atoms with Crippen LogP contribution < -0.4 is 10.1 Å². The standard InChI is InChI=1S/C35H32N2O3/c1-25-12-15-29(16-13-25)36-35(38)33-19-18-31(40-33)24-39-30-17-14-27-20-21-37(23-26-8-4-2-5-9-26)34(32(27)22-30)28-10-6-3-7-11-28/h2-19,22,34H,20-21,23-24H2,1H3,(H,36,38). The third-order valence-electron chi connectivity index (χ3n) is 7.37. The second-order valence-corrected chi connectivity index (χ2v) is 10.3. The molecule has 0 bridgehead atoms. The Hall–Kier alpha value is -4.61. The fraction of sp³-hybridized carbons (Fsp3) is 0.171. The molecule has 1 aliphatic heterocycles. The summed E-state index contributed by atoms with van der Waals surface area (Å²) in [5, 5.41) is 2.87. The van der Waals surface area contributed by atoms with Gasteiger partial charge in [0.1, 0.15) is 18.1 Å². The molecule has 200 valence electrons. The van der Waals surface area contributed by atoms with E-state index < -0.39 is 0 Å². The van der Waals surface area contributed by atoms with Crippen molar-refractivity contribution in [1.82, 2.24) is 4.90 Å². The Morgan fingerprint density at radius 3 is 2.42 bits per heavy atom. The molecule has 5 nitrogen and oxygen atoms in total. The minimum absolute atomic E-state index is 0.134. The van der Waals surface area contributed by atoms with Crippen LogP contribution in [-0.4, -0.2) is 17.4 Å². The molecule has 4 aromatic carbocycles. The number of carbonyl (C=O) groups is 1. The van der Waals surface area contributed by atoms with Crippen LogP contribution >= 0.6 is 0 Å². The van der Waals surface area contributed by atoms with Gasteiger partial charge in [0.25, 0.3) is 5.91 Å². The molecule has 2 heterocycles. The van der Waals surface area contributed by atoms with Gasteiger partial charge in [-0.1, -0.05) is 84.4 Å². The number of amides is 1. The molecule has 0 fully saturated rings. The smallest absolute Gasteiger partial charge is 0.291 e. The molecule has 0 saturated heterocycles. The molecule has 1 unspecified atom stereocenters. The predicted octanol–water partition coefficient (Wildman–Crippen LogP) is 7.57. The molecule has 1 atom stereocenters. The molecule has 1 amide bonds. The van der Waals surface area contributed by atoms with Crippen LogP contribution in [0.25, 0.3) is 0 Å². The van der Waals surface area contributed by atoms with Crippen molar-refractivity contribution in [2.24, 2.45) is 0 Å². The van der Waals surface area contributed by atoms with Crippen molar-refractivity contribution in [3.63, 3.8) is 0 Å². The largest absolute Gasteiger partial charge is 0.486 e. The predicted molar refractivity (Wildman–Crippen MR) is 157 cm³/mol. The highest BCUT2D eigenvalue weighted by atomic mass is 16.5. The van der Waals surface area contributed by atoms with Gasteiger partial charge in [-0.25, -0.2) is 0 Å². The van der Waals surface area contributed by atoms with E-state index >= 15 is 0 Å². The molecule has 6 rings (SSSR count). The maximum Gasteiger partial charge on any atom is 0.291 e. The maximum absolute atomic E-state index is 12.6. The highest BCUT2D eigenvalue weighted by Gasteiger charge is 2.29. The lowest BCUT2D eigenvalue weighted by Crippen LogP contribution is -2.35. The Labute approximate surface area is 235 Å². The van der Waals surface area contributed by atoms with E-state index in [0.717, 1.165) is 36.5 Å². The van der Waals surface area contributed by atoms with E-state index in [1.54, 1.807) is 12.1 Å². The highest BCUT2D eigenvalue weighted by molar-refractivity contribution is 6.02. The number of aryl methyl sites for hydroxylation is 1. The van der Waals surface area contributed by atoms with Gasteiger partial charge in [-0.15, -0.1) is 0 Å². The van der Waals surface area contributed by atoms with Crippen molar-refractivity contribution in [2.45, 2.75) is 32.5 Å². The monoisotopic (exact) mass is 528 g/mol. The van der Waals surface area contributed by atoms with Crippen molar-refractivity contribution in [2.75, 3.05) is 11.9 Å². The average molecular weight is 529 g/mol. The number of ether oxygens (including phenoxy) is 1. The summed E-state index contributed by atoms with van der Waals surface area (Å²) in [6.07, 6.45) is 0.990. The number of nitrogens with zero attached hydrogens (tertiary/aromatic N) is 1. The van der Waals surface area contributed by atoms with Crippen molar-refractivity contribution in [1.29, 1.82) is 0 Å². The van der Waals surface area contributed by atoms with E-state index in [-0.39, 0.29) is 24.3 Å². The fourth-order valence-electron chi connectivity index (χ4n) is 5.31. The van der Waals surface area contributed by atoms with Gasteiger partial charge in [0.15, 0.2) is 5.76 Å². The van der Waals surface area contributed by atoms with Crippen molar-refractivity contribution >= 4 is 11.6 Å². The van der Waals surface area contributed by atoms with Gasteiger partial charge in [0.2, 0.25) is 0 Å². The SMILES string of the molecule is Cc1ccc(NC(=O)c2ccc(COc3ccc4c(c3)C(c3ccccc3)N(Cc3ccccc3)CC4)o2)cc1. The summed E-state index contributed by atoms with van der Waals surface area (Å²) in [5.41, 5.74) is 7.05. The number of carbonyl (C=O) groups excluding carboxylic acids is 1. The first-order valence-corrected chi connectivity index (χ1v) is 13.7. The normalized spacial score (nSPS) is 14.9. The summed E-state index contributed by atoms with van der Waals surface area (Å²) in [4.78, 5) is 15.2. The maximum atomic E-state index is 12.6. The minimum Gasteiger partial charge on any atom is -0.486 e. The molecular weight excluding hydrogens is 496 g/mol.